The molecule has 1 aromatic heterocycles. The summed E-state index contributed by atoms with van der Waals surface area (Å²) in [5.41, 5.74) is 1.95. The van der Waals surface area contributed by atoms with Crippen LogP contribution in [0.3, 0.4) is 0 Å². The number of Topliss-reactive ketones (excluding diaryl/α,β-unsaturated/α-hetero) is 1. The summed E-state index contributed by atoms with van der Waals surface area (Å²) in [5, 5.41) is 11.2. The van der Waals surface area contributed by atoms with E-state index in [0.717, 1.165) is 15.8 Å². The summed E-state index contributed by atoms with van der Waals surface area (Å²) < 4.78 is 12.4. The predicted octanol–water partition coefficient (Wildman–Crippen LogP) is 5.30. The highest BCUT2D eigenvalue weighted by atomic mass is 79.9. The van der Waals surface area contributed by atoms with Gasteiger partial charge in [0.05, 0.1) is 5.57 Å². The van der Waals surface area contributed by atoms with Gasteiger partial charge >= 0.3 is 0 Å². The molecule has 2 aliphatic heterocycles. The Morgan fingerprint density at radius 2 is 1.84 bits per heavy atom. The number of carbonyl (C=O) groups is 2. The van der Waals surface area contributed by atoms with Gasteiger partial charge in [-0.1, -0.05) is 15.9 Å². The molecule has 2 aromatic carbocycles. The summed E-state index contributed by atoms with van der Waals surface area (Å²) in [4.78, 5) is 27.6. The molecule has 5 rings (SSSR count). The van der Waals surface area contributed by atoms with Crippen LogP contribution in [-0.2, 0) is 16.0 Å². The molecule has 3 aromatic rings. The van der Waals surface area contributed by atoms with Gasteiger partial charge in [0.25, 0.3) is 11.7 Å². The number of aliphatic hydroxyl groups is 1. The van der Waals surface area contributed by atoms with Crippen LogP contribution >= 0.6 is 15.9 Å². The fraction of sp³-hybridized carbons (Fsp3) is 0.200. The van der Waals surface area contributed by atoms with Crippen molar-refractivity contribution in [2.24, 2.45) is 0 Å². The lowest BCUT2D eigenvalue weighted by Crippen LogP contribution is -2.29. The lowest BCUT2D eigenvalue weighted by Gasteiger charge is -2.23. The summed E-state index contributed by atoms with van der Waals surface area (Å²) in [6, 6.07) is 15.0. The van der Waals surface area contributed by atoms with Crippen molar-refractivity contribution in [2.75, 3.05) is 4.90 Å². The summed E-state index contributed by atoms with van der Waals surface area (Å²) in [6.45, 7) is 3.76. The first-order valence-corrected chi connectivity index (χ1v) is 11.1. The summed E-state index contributed by atoms with van der Waals surface area (Å²) in [5.74, 6) is 0.113. The number of furan rings is 1. The molecule has 1 amide bonds. The molecule has 1 saturated heterocycles. The van der Waals surface area contributed by atoms with E-state index in [0.29, 0.717) is 29.2 Å². The number of hydrogen-bond donors (Lipinski definition) is 1. The van der Waals surface area contributed by atoms with E-state index in [2.05, 4.69) is 15.9 Å². The van der Waals surface area contributed by atoms with Gasteiger partial charge < -0.3 is 14.3 Å². The molecule has 6 nitrogen and oxygen atoms in total. The molecule has 2 atom stereocenters. The molecule has 0 aliphatic carbocycles. The summed E-state index contributed by atoms with van der Waals surface area (Å²) in [6.07, 6.45) is 0.765. The van der Waals surface area contributed by atoms with Gasteiger partial charge in [0.15, 0.2) is 0 Å². The first-order valence-electron chi connectivity index (χ1n) is 10.3. The van der Waals surface area contributed by atoms with Gasteiger partial charge in [0.1, 0.15) is 35.2 Å². The van der Waals surface area contributed by atoms with Gasteiger partial charge in [0.2, 0.25) is 0 Å². The number of rotatable bonds is 3. The number of anilines is 1. The summed E-state index contributed by atoms with van der Waals surface area (Å²) in [7, 11) is 0. The number of amides is 1. The lowest BCUT2D eigenvalue weighted by atomic mass is 9.97. The number of ketones is 1. The van der Waals surface area contributed by atoms with Crippen molar-refractivity contribution in [3.8, 4) is 5.75 Å². The van der Waals surface area contributed by atoms with Crippen LogP contribution < -0.4 is 9.64 Å². The van der Waals surface area contributed by atoms with Gasteiger partial charge in [0, 0.05) is 22.1 Å². The quantitative estimate of drug-likeness (QED) is 0.304. The monoisotopic (exact) mass is 493 g/mol. The third-order valence-electron chi connectivity index (χ3n) is 5.75. The van der Waals surface area contributed by atoms with E-state index >= 15 is 0 Å². The molecule has 2 unspecified atom stereocenters. The van der Waals surface area contributed by atoms with E-state index in [-0.39, 0.29) is 17.4 Å². The fourth-order valence-corrected chi connectivity index (χ4v) is 4.56. The van der Waals surface area contributed by atoms with Crippen LogP contribution in [0.2, 0.25) is 0 Å². The molecule has 2 aliphatic rings. The van der Waals surface area contributed by atoms with Gasteiger partial charge in [-0.05, 0) is 74.0 Å². The number of nitrogens with zero attached hydrogens (tertiary/aromatic N) is 1. The second kappa shape index (κ2) is 7.67. The first kappa shape index (κ1) is 20.6. The lowest BCUT2D eigenvalue weighted by molar-refractivity contribution is -0.132. The number of aryl methyl sites for hydroxylation is 1. The molecular formula is C25H20BrNO5. The second-order valence-electron chi connectivity index (χ2n) is 8.05. The number of halogens is 1. The molecule has 32 heavy (non-hydrogen) atoms. The van der Waals surface area contributed by atoms with Crippen molar-refractivity contribution in [1.82, 2.24) is 0 Å². The van der Waals surface area contributed by atoms with Gasteiger partial charge in [-0.15, -0.1) is 0 Å². The van der Waals surface area contributed by atoms with Crippen LogP contribution in [0.25, 0.3) is 5.76 Å². The highest BCUT2D eigenvalue weighted by Gasteiger charge is 2.48. The van der Waals surface area contributed by atoms with Gasteiger partial charge in [-0.3, -0.25) is 14.5 Å². The third-order valence-corrected chi connectivity index (χ3v) is 6.28. The number of aliphatic hydroxyl groups excluding tert-OH is 1. The molecule has 7 heteroatoms. The molecule has 3 heterocycles. The number of ether oxygens (including phenoxy) is 1. The van der Waals surface area contributed by atoms with Crippen LogP contribution in [0.4, 0.5) is 5.69 Å². The normalized spacial score (nSPS) is 21.7. The smallest absolute Gasteiger partial charge is 0.300 e. The topological polar surface area (TPSA) is 80.0 Å². The number of benzene rings is 2. The van der Waals surface area contributed by atoms with Crippen LogP contribution in [-0.4, -0.2) is 22.9 Å². The molecule has 0 spiro atoms. The first-order chi connectivity index (χ1) is 15.3. The highest BCUT2D eigenvalue weighted by molar-refractivity contribution is 9.10. The Bertz CT molecular complexity index is 1270. The van der Waals surface area contributed by atoms with Crippen molar-refractivity contribution in [1.29, 1.82) is 0 Å². The van der Waals surface area contributed by atoms with E-state index < -0.39 is 17.7 Å². The number of hydrogen-bond acceptors (Lipinski definition) is 5. The largest absolute Gasteiger partial charge is 0.507 e. The van der Waals surface area contributed by atoms with E-state index in [9.17, 15) is 14.7 Å². The van der Waals surface area contributed by atoms with Crippen LogP contribution in [0.1, 0.15) is 35.6 Å². The van der Waals surface area contributed by atoms with Crippen molar-refractivity contribution in [3.63, 3.8) is 0 Å². The zero-order chi connectivity index (χ0) is 22.6. The fourth-order valence-electron chi connectivity index (χ4n) is 4.29. The predicted molar refractivity (Wildman–Crippen MR) is 123 cm³/mol. The van der Waals surface area contributed by atoms with E-state index in [4.69, 9.17) is 9.15 Å². The minimum absolute atomic E-state index is 0.000757. The Hall–Kier alpha value is -3.32. The van der Waals surface area contributed by atoms with Gasteiger partial charge in [-0.25, -0.2) is 0 Å². The molecule has 0 bridgehead atoms. The third kappa shape index (κ3) is 3.33. The van der Waals surface area contributed by atoms with Crippen molar-refractivity contribution < 1.29 is 23.8 Å². The highest BCUT2D eigenvalue weighted by Crippen LogP contribution is 2.43. The average molecular weight is 494 g/mol. The van der Waals surface area contributed by atoms with Crippen molar-refractivity contribution in [3.05, 3.63) is 87.3 Å². The Morgan fingerprint density at radius 1 is 1.09 bits per heavy atom. The molecule has 1 N–H and O–H groups in total. The van der Waals surface area contributed by atoms with Crippen molar-refractivity contribution in [2.45, 2.75) is 32.4 Å². The molecule has 162 valence electrons. The molecular weight excluding hydrogens is 474 g/mol. The number of fused-ring (bicyclic) bond motifs is 1. The van der Waals surface area contributed by atoms with Crippen molar-refractivity contribution >= 4 is 39.1 Å². The van der Waals surface area contributed by atoms with Gasteiger partial charge in [-0.2, -0.15) is 0 Å². The maximum Gasteiger partial charge on any atom is 0.300 e. The summed E-state index contributed by atoms with van der Waals surface area (Å²) >= 11 is 3.39. The Balaban J connectivity index is 1.67. The maximum absolute atomic E-state index is 13.2. The van der Waals surface area contributed by atoms with Crippen LogP contribution in [0, 0.1) is 6.92 Å². The van der Waals surface area contributed by atoms with E-state index in [1.807, 2.05) is 13.0 Å². The molecule has 0 radical (unpaired) electrons. The average Bonchev–Trinajstić information content (AvgIpc) is 3.43. The number of carbonyl (C=O) groups excluding carboxylic acids is 2. The minimum Gasteiger partial charge on any atom is -0.507 e. The van der Waals surface area contributed by atoms with Crippen LogP contribution in [0.5, 0.6) is 5.75 Å². The minimum atomic E-state index is -0.881. The van der Waals surface area contributed by atoms with Crippen LogP contribution in [0.15, 0.2) is 69.1 Å². The Labute approximate surface area is 193 Å². The molecule has 1 fully saturated rings. The second-order valence-corrected chi connectivity index (χ2v) is 8.96. The zero-order valence-electron chi connectivity index (χ0n) is 17.5. The Morgan fingerprint density at radius 3 is 2.53 bits per heavy atom. The molecule has 0 saturated carbocycles. The van der Waals surface area contributed by atoms with E-state index in [1.165, 1.54) is 4.90 Å². The maximum atomic E-state index is 13.2. The standard InChI is InChI=1S/C25H20BrNO5/c1-13-3-9-20(31-13)22-21(23(28)15-4-10-19-16(12-15)11-14(2)32-19)24(29)25(30)27(22)18-7-5-17(26)6-8-18/h3-10,12,14,22,28H,11H2,1-2H3/b23-21-. The Kier molecular flexibility index (Phi) is 4.93. The SMILES string of the molecule is Cc1ccc(C2/C(=C(/O)c3ccc4c(c3)CC(C)O4)C(=O)C(=O)N2c2ccc(Br)cc2)o1. The zero-order valence-corrected chi connectivity index (χ0v) is 19.0. The van der Waals surface area contributed by atoms with E-state index in [1.54, 1.807) is 55.5 Å².